The van der Waals surface area contributed by atoms with Gasteiger partial charge in [0.15, 0.2) is 5.76 Å². The molecular weight excluding hydrogens is 643 g/mol. The lowest BCUT2D eigenvalue weighted by atomic mass is 9.82. The molecule has 0 atom stereocenters. The lowest BCUT2D eigenvalue weighted by molar-refractivity contribution is 0.599. The zero-order valence-electron chi connectivity index (χ0n) is 29.6. The highest BCUT2D eigenvalue weighted by atomic mass is 16.3. The maximum absolute atomic E-state index is 6.88. The minimum atomic E-state index is -0.0917. The van der Waals surface area contributed by atoms with Crippen LogP contribution in [0.3, 0.4) is 0 Å². The molecule has 0 bridgehead atoms. The van der Waals surface area contributed by atoms with E-state index in [4.69, 9.17) is 4.42 Å². The van der Waals surface area contributed by atoms with Crippen LogP contribution >= 0.6 is 0 Å². The van der Waals surface area contributed by atoms with Gasteiger partial charge in [0.2, 0.25) is 0 Å². The number of furan rings is 1. The van der Waals surface area contributed by atoms with Crippen LogP contribution in [0.15, 0.2) is 186 Å². The second-order valence-electron chi connectivity index (χ2n) is 14.4. The Labute approximate surface area is 309 Å². The van der Waals surface area contributed by atoms with Crippen molar-refractivity contribution in [2.45, 2.75) is 19.3 Å². The van der Waals surface area contributed by atoms with Gasteiger partial charge in [-0.1, -0.05) is 159 Å². The number of nitrogens with zero attached hydrogens (tertiary/aromatic N) is 1. The van der Waals surface area contributed by atoms with E-state index in [1.807, 2.05) is 6.08 Å². The van der Waals surface area contributed by atoms with Crippen LogP contribution in [0.25, 0.3) is 56.0 Å². The first kappa shape index (κ1) is 31.0. The standard InChI is InChI=1S/C51H35NO/c1-51(2)46-19-10-9-16-45(46)48-47(51)33-32-44-43-18-11-17-42(49(43)53-50(44)48)38-24-30-41(31-25-38)52(39-26-20-36(21-27-39)34-12-5-3-6-13-34)40-28-22-37(23-29-40)35-14-7-4-8-15-35/h3-10,12-16,18-33H,1-2H3. The zero-order chi connectivity index (χ0) is 35.5. The largest absolute Gasteiger partial charge is 0.454 e. The molecule has 1 heterocycles. The Hall–Kier alpha value is -6.82. The third kappa shape index (κ3) is 5.05. The van der Waals surface area contributed by atoms with Crippen molar-refractivity contribution < 1.29 is 4.42 Å². The van der Waals surface area contributed by atoms with Gasteiger partial charge in [0.05, 0.1) is 5.57 Å². The van der Waals surface area contributed by atoms with Gasteiger partial charge in [-0.05, 0) is 80.9 Å². The number of hydrogen-bond donors (Lipinski definition) is 0. The van der Waals surface area contributed by atoms with E-state index in [2.05, 4.69) is 200 Å². The average molecular weight is 678 g/mol. The van der Waals surface area contributed by atoms with Gasteiger partial charge in [0.1, 0.15) is 5.58 Å². The number of benzene rings is 7. The van der Waals surface area contributed by atoms with Gasteiger partial charge in [0, 0.05) is 45.1 Å². The molecule has 0 radical (unpaired) electrons. The predicted octanol–water partition coefficient (Wildman–Crippen LogP) is 13.8. The third-order valence-corrected chi connectivity index (χ3v) is 11.0. The molecule has 0 N–H and O–H groups in total. The Morgan fingerprint density at radius 3 is 1.58 bits per heavy atom. The van der Waals surface area contributed by atoms with Gasteiger partial charge in [-0.25, -0.2) is 0 Å². The van der Waals surface area contributed by atoms with Gasteiger partial charge >= 0.3 is 0 Å². The predicted molar refractivity (Wildman–Crippen MR) is 220 cm³/mol. The molecule has 2 aliphatic carbocycles. The van der Waals surface area contributed by atoms with E-state index in [1.165, 1.54) is 44.5 Å². The molecule has 0 spiro atoms. The molecule has 7 aromatic carbocycles. The number of rotatable bonds is 6. The Morgan fingerprint density at radius 1 is 0.491 bits per heavy atom. The summed E-state index contributed by atoms with van der Waals surface area (Å²) >= 11 is 0. The lowest BCUT2D eigenvalue weighted by Gasteiger charge is -2.26. The van der Waals surface area contributed by atoms with E-state index in [-0.39, 0.29) is 5.41 Å². The molecule has 2 heteroatoms. The molecule has 0 amide bonds. The summed E-state index contributed by atoms with van der Waals surface area (Å²) in [6.45, 7) is 4.61. The molecule has 1 aromatic heterocycles. The second-order valence-corrected chi connectivity index (χ2v) is 14.4. The quantitative estimate of drug-likeness (QED) is 0.163. The summed E-state index contributed by atoms with van der Waals surface area (Å²) in [7, 11) is 0. The molecule has 2 nitrogen and oxygen atoms in total. The second kappa shape index (κ2) is 12.2. The first-order valence-corrected chi connectivity index (χ1v) is 18.2. The molecule has 0 saturated heterocycles. The molecule has 0 saturated carbocycles. The van der Waals surface area contributed by atoms with Gasteiger partial charge in [-0.2, -0.15) is 0 Å². The molecule has 0 unspecified atom stereocenters. The van der Waals surface area contributed by atoms with E-state index in [0.717, 1.165) is 50.5 Å². The highest BCUT2D eigenvalue weighted by molar-refractivity contribution is 6.05. The summed E-state index contributed by atoms with van der Waals surface area (Å²) in [6, 6.07) is 60.6. The third-order valence-electron chi connectivity index (χ3n) is 11.0. The van der Waals surface area contributed by atoms with E-state index in [9.17, 15) is 0 Å². The summed E-state index contributed by atoms with van der Waals surface area (Å²) in [6.07, 6.45) is 2.01. The first-order valence-electron chi connectivity index (χ1n) is 18.2. The SMILES string of the molecule is CC1(C)c2ccccc2-c2c1ccc1c3c(oc21)C(c1ccc(N(c2ccc(-c4ccccc4)cc2)c2ccc(-c4ccccc4)cc2)cc1)=C=C=C3. The molecule has 0 fully saturated rings. The minimum absolute atomic E-state index is 0.0917. The molecule has 0 aliphatic heterocycles. The Morgan fingerprint density at radius 2 is 1.00 bits per heavy atom. The minimum Gasteiger partial charge on any atom is -0.454 e. The molecule has 8 aromatic rings. The Bertz CT molecular complexity index is 2690. The highest BCUT2D eigenvalue weighted by Crippen LogP contribution is 2.53. The van der Waals surface area contributed by atoms with Crippen molar-refractivity contribution in [3.05, 3.63) is 209 Å². The van der Waals surface area contributed by atoms with Crippen molar-refractivity contribution in [1.29, 1.82) is 0 Å². The van der Waals surface area contributed by atoms with E-state index in [0.29, 0.717) is 0 Å². The molecular formula is C51H35NO. The van der Waals surface area contributed by atoms with Gasteiger partial charge < -0.3 is 9.32 Å². The van der Waals surface area contributed by atoms with Crippen LogP contribution in [0, 0.1) is 0 Å². The normalized spacial score (nSPS) is 13.4. The highest BCUT2D eigenvalue weighted by Gasteiger charge is 2.38. The zero-order valence-corrected chi connectivity index (χ0v) is 29.6. The van der Waals surface area contributed by atoms with Gasteiger partial charge in [0.25, 0.3) is 0 Å². The molecule has 2 aliphatic rings. The Kier molecular flexibility index (Phi) is 7.10. The number of fused-ring (bicyclic) bond motifs is 7. The number of hydrogen-bond acceptors (Lipinski definition) is 2. The van der Waals surface area contributed by atoms with Crippen LogP contribution in [-0.2, 0) is 5.41 Å². The van der Waals surface area contributed by atoms with E-state index in [1.54, 1.807) is 0 Å². The average Bonchev–Trinajstić information content (AvgIpc) is 3.72. The van der Waals surface area contributed by atoms with Crippen LogP contribution in [0.5, 0.6) is 0 Å². The van der Waals surface area contributed by atoms with Gasteiger partial charge in [-0.15, -0.1) is 0 Å². The smallest absolute Gasteiger partial charge is 0.152 e. The van der Waals surface area contributed by atoms with Crippen molar-refractivity contribution in [1.82, 2.24) is 0 Å². The van der Waals surface area contributed by atoms with Crippen molar-refractivity contribution in [3.8, 4) is 33.4 Å². The van der Waals surface area contributed by atoms with Gasteiger partial charge in [-0.3, -0.25) is 0 Å². The summed E-state index contributed by atoms with van der Waals surface area (Å²) in [5.74, 6) is 0.840. The van der Waals surface area contributed by atoms with Crippen LogP contribution in [0.2, 0.25) is 0 Å². The van der Waals surface area contributed by atoms with E-state index < -0.39 is 0 Å². The summed E-state index contributed by atoms with van der Waals surface area (Å²) in [5.41, 5.74) is 23.7. The maximum atomic E-state index is 6.88. The van der Waals surface area contributed by atoms with Crippen molar-refractivity contribution in [2.75, 3.05) is 4.90 Å². The van der Waals surface area contributed by atoms with Crippen molar-refractivity contribution in [3.63, 3.8) is 0 Å². The van der Waals surface area contributed by atoms with Crippen molar-refractivity contribution >= 4 is 39.7 Å². The lowest BCUT2D eigenvalue weighted by Crippen LogP contribution is -2.14. The summed E-state index contributed by atoms with van der Waals surface area (Å²) in [4.78, 5) is 2.31. The summed E-state index contributed by atoms with van der Waals surface area (Å²) < 4.78 is 6.88. The van der Waals surface area contributed by atoms with Crippen LogP contribution < -0.4 is 4.90 Å². The maximum Gasteiger partial charge on any atom is 0.152 e. The Balaban J connectivity index is 1.04. The summed E-state index contributed by atoms with van der Waals surface area (Å²) in [5, 5.41) is 1.11. The van der Waals surface area contributed by atoms with Crippen molar-refractivity contribution in [2.24, 2.45) is 0 Å². The molecule has 53 heavy (non-hydrogen) atoms. The molecule has 250 valence electrons. The fourth-order valence-electron chi connectivity index (χ4n) is 8.22. The number of anilines is 3. The fourth-order valence-corrected chi connectivity index (χ4v) is 8.22. The van der Waals surface area contributed by atoms with Crippen LogP contribution in [0.4, 0.5) is 17.1 Å². The van der Waals surface area contributed by atoms with Crippen LogP contribution in [-0.4, -0.2) is 0 Å². The fraction of sp³-hybridized carbons (Fsp3) is 0.0588. The first-order chi connectivity index (χ1) is 26.0. The van der Waals surface area contributed by atoms with Crippen LogP contribution in [0.1, 0.15) is 41.9 Å². The topological polar surface area (TPSA) is 16.4 Å². The molecule has 10 rings (SSSR count). The monoisotopic (exact) mass is 677 g/mol. The van der Waals surface area contributed by atoms with E-state index >= 15 is 0 Å².